The first-order valence-corrected chi connectivity index (χ1v) is 15.6. The van der Waals surface area contributed by atoms with Crippen molar-refractivity contribution in [2.24, 2.45) is 11.6 Å². The number of aromatic amines is 1. The van der Waals surface area contributed by atoms with Crippen molar-refractivity contribution < 1.29 is 4.79 Å². The van der Waals surface area contributed by atoms with Gasteiger partial charge in [0.25, 0.3) is 0 Å². The second-order valence-corrected chi connectivity index (χ2v) is 11.0. The van der Waals surface area contributed by atoms with Crippen LogP contribution in [-0.2, 0) is 6.54 Å². The van der Waals surface area contributed by atoms with Gasteiger partial charge in [-0.3, -0.25) is 19.1 Å². The minimum Gasteiger partial charge on any atom is -0.369 e. The molecule has 0 unspecified atom stereocenters. The molecule has 7 rings (SSSR count). The van der Waals surface area contributed by atoms with Crippen LogP contribution < -0.4 is 33.3 Å². The van der Waals surface area contributed by atoms with E-state index in [0.29, 0.717) is 23.0 Å². The van der Waals surface area contributed by atoms with Crippen LogP contribution >= 0.6 is 23.2 Å². The van der Waals surface area contributed by atoms with Gasteiger partial charge in [-0.1, -0.05) is 47.5 Å². The Morgan fingerprint density at radius 2 is 1.54 bits per heavy atom. The van der Waals surface area contributed by atoms with Crippen LogP contribution in [0.1, 0.15) is 6.42 Å². The monoisotopic (exact) mass is 694 g/mol. The van der Waals surface area contributed by atoms with E-state index in [1.54, 1.807) is 51.3 Å². The molecule has 0 radical (unpaired) electrons. The highest BCUT2D eigenvalue weighted by atomic mass is 35.5. The molecule has 6 heterocycles. The van der Waals surface area contributed by atoms with Crippen molar-refractivity contribution in [1.29, 1.82) is 0 Å². The maximum atomic E-state index is 12.3. The second-order valence-electron chi connectivity index (χ2n) is 10.2. The van der Waals surface area contributed by atoms with Crippen molar-refractivity contribution in [1.82, 2.24) is 44.1 Å². The summed E-state index contributed by atoms with van der Waals surface area (Å²) in [5.41, 5.74) is 8.36. The summed E-state index contributed by atoms with van der Waals surface area (Å²) in [6.45, 7) is 5.65. The van der Waals surface area contributed by atoms with Gasteiger partial charge in [-0.15, -0.1) is 5.10 Å². The number of amides is 2. The number of primary amides is 1. The maximum Gasteiger partial charge on any atom is 0.350 e. The summed E-state index contributed by atoms with van der Waals surface area (Å²) in [6, 6.07) is 23.7. The molecule has 252 valence electrons. The van der Waals surface area contributed by atoms with Crippen molar-refractivity contribution in [2.45, 2.75) is 13.0 Å². The lowest BCUT2D eigenvalue weighted by molar-refractivity contribution is 0.248. The van der Waals surface area contributed by atoms with Gasteiger partial charge in [0, 0.05) is 68.6 Å². The number of urea groups is 1. The van der Waals surface area contributed by atoms with Gasteiger partial charge in [0.15, 0.2) is 11.3 Å². The zero-order valence-corrected chi connectivity index (χ0v) is 27.4. The zero-order chi connectivity index (χ0) is 34.3. The molecule has 5 aromatic heterocycles. The number of rotatable bonds is 5. The highest BCUT2D eigenvalue weighted by molar-refractivity contribution is 6.30. The predicted molar refractivity (Wildman–Crippen MR) is 186 cm³/mol. The molecule has 0 spiro atoms. The fraction of sp³-hybridized carbons (Fsp3) is 0.226. The number of nitrogens with zero attached hydrogens (tertiary/aromatic N) is 8. The Labute approximate surface area is 285 Å². The van der Waals surface area contributed by atoms with Gasteiger partial charge < -0.3 is 10.6 Å². The largest absolute Gasteiger partial charge is 0.369 e. The Balaban J connectivity index is 0.000000191. The summed E-state index contributed by atoms with van der Waals surface area (Å²) >= 11 is 11.5. The van der Waals surface area contributed by atoms with Gasteiger partial charge in [0.2, 0.25) is 0 Å². The van der Waals surface area contributed by atoms with E-state index in [4.69, 9.17) is 23.2 Å². The highest BCUT2D eigenvalue weighted by Gasteiger charge is 2.17. The fourth-order valence-corrected chi connectivity index (χ4v) is 4.97. The summed E-state index contributed by atoms with van der Waals surface area (Å²) in [5.74, 6) is 4.45. The summed E-state index contributed by atoms with van der Waals surface area (Å²) in [7, 11) is 0. The lowest BCUT2D eigenvalue weighted by Gasteiger charge is -2.36. The van der Waals surface area contributed by atoms with Gasteiger partial charge in [-0.25, -0.2) is 35.0 Å². The zero-order valence-electron chi connectivity index (χ0n) is 25.9. The van der Waals surface area contributed by atoms with Gasteiger partial charge in [0.1, 0.15) is 5.15 Å². The normalized spacial score (nSPS) is 12.6. The Morgan fingerprint density at radius 3 is 2.12 bits per heavy atom. The number of nitrogens with two attached hydrogens (primary N) is 2. The number of hydrogen-bond acceptors (Lipinski definition) is 9. The number of fused-ring (bicyclic) bond motifs is 2. The summed E-state index contributed by atoms with van der Waals surface area (Å²) in [5, 5.41) is 11.8. The number of anilines is 1. The smallest absolute Gasteiger partial charge is 0.350 e. The van der Waals surface area contributed by atoms with E-state index in [1.165, 1.54) is 10.1 Å². The molecule has 6 N–H and O–H groups in total. The molecule has 1 saturated heterocycles. The molecular formula is C31H36Cl2N12O3. The van der Waals surface area contributed by atoms with Crippen LogP contribution in [-0.4, -0.2) is 77.4 Å². The number of hydrogen-bond donors (Lipinski definition) is 4. The van der Waals surface area contributed by atoms with Gasteiger partial charge in [-0.05, 0) is 61.0 Å². The molecule has 15 nitrogen and oxygen atoms in total. The van der Waals surface area contributed by atoms with Crippen LogP contribution in [0.2, 0.25) is 10.2 Å². The molecule has 17 heteroatoms. The van der Waals surface area contributed by atoms with Crippen LogP contribution in [0.4, 0.5) is 10.5 Å². The van der Waals surface area contributed by atoms with Crippen LogP contribution in [0.3, 0.4) is 0 Å². The Kier molecular flexibility index (Phi) is 13.5. The number of hydrazine groups is 1. The SMILES string of the molecule is Clc1ccccn1.NNC(N)=O.O=c1[nH]nc2ccccn12.O=c1n(CCCN2CCN(c3cccc(Cl)c3)CC2)nc2ccccn12. The molecule has 2 amide bonds. The highest BCUT2D eigenvalue weighted by Crippen LogP contribution is 2.20. The molecule has 0 saturated carbocycles. The van der Waals surface area contributed by atoms with Crippen LogP contribution in [0.15, 0.2) is 107 Å². The van der Waals surface area contributed by atoms with Crippen molar-refractivity contribution in [2.75, 3.05) is 37.6 Å². The number of piperazine rings is 1. The number of halogens is 2. The van der Waals surface area contributed by atoms with Crippen LogP contribution in [0.25, 0.3) is 11.3 Å². The van der Waals surface area contributed by atoms with Gasteiger partial charge in [0.05, 0.1) is 0 Å². The quantitative estimate of drug-likeness (QED) is 0.0910. The third-order valence-corrected chi connectivity index (χ3v) is 7.43. The number of nitrogens with one attached hydrogen (secondary N) is 2. The summed E-state index contributed by atoms with van der Waals surface area (Å²) in [6.07, 6.45) is 6.00. The number of carbonyl (C=O) groups excluding carboxylic acids is 1. The molecule has 0 bridgehead atoms. The van der Waals surface area contributed by atoms with E-state index < -0.39 is 6.03 Å². The second kappa shape index (κ2) is 18.2. The standard InChI is InChI=1S/C19H22ClN5O.C6H5N3O.C5H4ClN.CH5N3O/c20-16-5-3-6-17(15-16)23-13-11-22(12-14-23)8-4-10-25-19(26)24-9-2-1-7-18(24)21-25;10-6-8-7-5-3-1-2-4-9(5)6;6-5-3-1-2-4-7-5;2-1(5)4-3/h1-3,5-7,9,15H,4,8,10-14H2;1-4H,(H,8,10);1-4H;3H2,(H3,2,4,5). The molecule has 0 aliphatic carbocycles. The Bertz CT molecular complexity index is 1990. The topological polar surface area (TPSA) is 190 Å². The minimum absolute atomic E-state index is 0.0635. The lowest BCUT2D eigenvalue weighted by Crippen LogP contribution is -2.46. The molecule has 1 aromatic carbocycles. The van der Waals surface area contributed by atoms with Crippen LogP contribution in [0.5, 0.6) is 0 Å². The number of carbonyl (C=O) groups is 1. The number of aryl methyl sites for hydroxylation is 1. The molecule has 48 heavy (non-hydrogen) atoms. The van der Waals surface area contributed by atoms with Crippen molar-refractivity contribution in [3.05, 3.63) is 129 Å². The summed E-state index contributed by atoms with van der Waals surface area (Å²) in [4.78, 5) is 41.0. The Hall–Kier alpha value is -5.22. The van der Waals surface area contributed by atoms with Crippen LogP contribution in [0, 0.1) is 0 Å². The van der Waals surface area contributed by atoms with E-state index in [0.717, 1.165) is 44.2 Å². The van der Waals surface area contributed by atoms with Gasteiger partial charge in [-0.2, -0.15) is 5.10 Å². The predicted octanol–water partition coefficient (Wildman–Crippen LogP) is 2.65. The number of H-pyrrole nitrogens is 1. The van der Waals surface area contributed by atoms with E-state index in [9.17, 15) is 14.4 Å². The van der Waals surface area contributed by atoms with Crippen molar-refractivity contribution >= 4 is 46.2 Å². The van der Waals surface area contributed by atoms with E-state index in [2.05, 4.69) is 47.7 Å². The third-order valence-electron chi connectivity index (χ3n) is 6.97. The van der Waals surface area contributed by atoms with E-state index >= 15 is 0 Å². The Morgan fingerprint density at radius 1 is 0.854 bits per heavy atom. The third kappa shape index (κ3) is 10.7. The van der Waals surface area contributed by atoms with Crippen molar-refractivity contribution in [3.8, 4) is 0 Å². The molecule has 1 fully saturated rings. The first kappa shape index (κ1) is 35.6. The molecular weight excluding hydrogens is 659 g/mol. The van der Waals surface area contributed by atoms with Crippen molar-refractivity contribution in [3.63, 3.8) is 0 Å². The number of pyridine rings is 3. The maximum absolute atomic E-state index is 12.3. The first-order chi connectivity index (χ1) is 23.2. The fourth-order valence-electron chi connectivity index (χ4n) is 4.66. The average molecular weight is 696 g/mol. The first-order valence-electron chi connectivity index (χ1n) is 14.9. The molecule has 0 atom stereocenters. The molecule has 1 aliphatic rings. The molecule has 1 aliphatic heterocycles. The van der Waals surface area contributed by atoms with E-state index in [-0.39, 0.29) is 11.4 Å². The van der Waals surface area contributed by atoms with Gasteiger partial charge >= 0.3 is 17.4 Å². The average Bonchev–Trinajstić information content (AvgIpc) is 3.65. The minimum atomic E-state index is -0.718. The van der Waals surface area contributed by atoms with E-state index in [1.807, 2.05) is 54.6 Å². The number of aromatic nitrogens is 7. The lowest BCUT2D eigenvalue weighted by atomic mass is 10.2. The molecule has 6 aromatic rings. The number of benzene rings is 1. The summed E-state index contributed by atoms with van der Waals surface area (Å²) < 4.78 is 4.60.